The Labute approximate surface area is 387 Å². The quantitative estimate of drug-likeness (QED) is 0.0570. The van der Waals surface area contributed by atoms with Crippen molar-refractivity contribution in [2.24, 2.45) is 5.92 Å². The number of unbranched alkanes of at least 4 members (excludes halogenated alkanes) is 2. The zero-order chi connectivity index (χ0) is 48.6. The monoisotopic (exact) mass is 962 g/mol. The summed E-state index contributed by atoms with van der Waals surface area (Å²) in [4.78, 5) is 0. The van der Waals surface area contributed by atoms with Crippen LogP contribution in [0.2, 0.25) is 0 Å². The molecule has 5 heterocycles. The molecule has 4 fully saturated rings. The van der Waals surface area contributed by atoms with Crippen LogP contribution in [0.4, 0.5) is 0 Å². The van der Waals surface area contributed by atoms with Gasteiger partial charge in [-0.25, -0.2) is 0 Å². The van der Waals surface area contributed by atoms with Crippen molar-refractivity contribution >= 4 is 0 Å². The molecule has 1 aromatic carbocycles. The lowest BCUT2D eigenvalue weighted by Gasteiger charge is -2.49. The lowest BCUT2D eigenvalue weighted by atomic mass is 9.68. The Morgan fingerprint density at radius 3 is 1.79 bits per heavy atom. The van der Waals surface area contributed by atoms with Crippen LogP contribution >= 0.6 is 0 Å². The van der Waals surface area contributed by atoms with E-state index in [4.69, 9.17) is 42.6 Å². The molecule has 7 rings (SSSR count). The minimum atomic E-state index is -2.05. The van der Waals surface area contributed by atoms with Crippen molar-refractivity contribution in [3.8, 4) is 11.5 Å². The van der Waals surface area contributed by atoms with E-state index in [1.807, 2.05) is 12.1 Å². The van der Waals surface area contributed by atoms with E-state index < -0.39 is 155 Å². The number of aliphatic hydroxyl groups is 13. The normalized spacial score (nSPS) is 44.2. The van der Waals surface area contributed by atoms with Crippen LogP contribution in [0.1, 0.15) is 76.8 Å². The fourth-order valence-corrected chi connectivity index (χ4v) is 10.0. The van der Waals surface area contributed by atoms with Crippen molar-refractivity contribution in [2.45, 2.75) is 201 Å². The summed E-state index contributed by atoms with van der Waals surface area (Å²) in [5.41, 5.74) is 2.25. The second-order valence-electron chi connectivity index (χ2n) is 19.1. The third kappa shape index (κ3) is 10.8. The van der Waals surface area contributed by atoms with Gasteiger partial charge in [0.1, 0.15) is 115 Å². The first-order chi connectivity index (χ1) is 31.8. The van der Waals surface area contributed by atoms with E-state index in [0.717, 1.165) is 43.2 Å². The van der Waals surface area contributed by atoms with Crippen molar-refractivity contribution in [3.63, 3.8) is 0 Å². The Kier molecular flexibility index (Phi) is 17.3. The summed E-state index contributed by atoms with van der Waals surface area (Å²) in [6, 6.07) is 3.86. The molecule has 382 valence electrons. The first-order valence-corrected chi connectivity index (χ1v) is 23.2. The average molecular weight is 963 g/mol. The standard InChI is InChI=1S/C45H70O22/c1-5-6-7-8-19-12-22(28-20-11-18(2)9-10-21(20)45(3,4)67-23(28)13-19)60-42-37(57)34(54)39(27(64-42)17-59-41-35(55)32(52)29(49)24(14-46)61-41)65-44-38(58)40(31(51)26(16-48)63-44)66-43-36(56)33(53)30(50)25(15-47)62-43/h11-13,20-21,24-27,29-44,46-58H,5-10,14-17H2,1-4H3. The maximum atomic E-state index is 12.0. The number of rotatable bonds is 16. The molecule has 67 heavy (non-hydrogen) atoms. The Bertz CT molecular complexity index is 1800. The van der Waals surface area contributed by atoms with Gasteiger partial charge in [-0.05, 0) is 64.2 Å². The Hall–Kier alpha value is -2.24. The molecule has 0 aromatic heterocycles. The highest BCUT2D eigenvalue weighted by Gasteiger charge is 2.55. The molecular formula is C45H70O22. The average Bonchev–Trinajstić information content (AvgIpc) is 3.29. The smallest absolute Gasteiger partial charge is 0.229 e. The minimum Gasteiger partial charge on any atom is -0.487 e. The summed E-state index contributed by atoms with van der Waals surface area (Å²) in [5, 5.41) is 139. The third-order valence-corrected chi connectivity index (χ3v) is 14.0. The summed E-state index contributed by atoms with van der Waals surface area (Å²) >= 11 is 0. The van der Waals surface area contributed by atoms with E-state index in [-0.39, 0.29) is 11.8 Å². The highest BCUT2D eigenvalue weighted by molar-refractivity contribution is 5.54. The van der Waals surface area contributed by atoms with E-state index in [1.54, 1.807) is 0 Å². The zero-order valence-electron chi connectivity index (χ0n) is 38.0. The van der Waals surface area contributed by atoms with Crippen LogP contribution < -0.4 is 9.47 Å². The Morgan fingerprint density at radius 2 is 1.16 bits per heavy atom. The summed E-state index contributed by atoms with van der Waals surface area (Å²) in [6.45, 7) is 5.10. The largest absolute Gasteiger partial charge is 0.487 e. The molecule has 1 aromatic rings. The van der Waals surface area contributed by atoms with Crippen molar-refractivity contribution in [1.29, 1.82) is 0 Å². The summed E-state index contributed by atoms with van der Waals surface area (Å²) < 4.78 is 54.1. The number of ether oxygens (including phenoxy) is 9. The van der Waals surface area contributed by atoms with Gasteiger partial charge in [-0.1, -0.05) is 31.4 Å². The molecule has 22 nitrogen and oxygen atoms in total. The second-order valence-corrected chi connectivity index (χ2v) is 19.1. The Balaban J connectivity index is 1.20. The van der Waals surface area contributed by atoms with Crippen LogP contribution in [0.15, 0.2) is 23.8 Å². The van der Waals surface area contributed by atoms with Crippen molar-refractivity contribution < 1.29 is 109 Å². The van der Waals surface area contributed by atoms with Gasteiger partial charge < -0.3 is 109 Å². The highest BCUT2D eigenvalue weighted by Crippen LogP contribution is 2.54. The molecule has 0 amide bonds. The predicted molar refractivity (Wildman–Crippen MR) is 226 cm³/mol. The number of hydrogen-bond donors (Lipinski definition) is 13. The summed E-state index contributed by atoms with van der Waals surface area (Å²) in [5.74, 6) is 0.815. The topological polar surface area (TPSA) is 346 Å². The Morgan fingerprint density at radius 1 is 0.612 bits per heavy atom. The number of aliphatic hydroxyl groups excluding tert-OH is 13. The predicted octanol–water partition coefficient (Wildman–Crippen LogP) is -3.32. The van der Waals surface area contributed by atoms with Crippen LogP contribution in [0, 0.1) is 5.92 Å². The number of aryl methyl sites for hydroxylation is 1. The lowest BCUT2D eigenvalue weighted by Crippen LogP contribution is -2.67. The van der Waals surface area contributed by atoms with Gasteiger partial charge in [0.05, 0.1) is 26.4 Å². The molecule has 0 radical (unpaired) electrons. The van der Waals surface area contributed by atoms with Gasteiger partial charge in [0.25, 0.3) is 0 Å². The number of benzene rings is 1. The summed E-state index contributed by atoms with van der Waals surface area (Å²) in [7, 11) is 0. The molecule has 5 aliphatic heterocycles. The summed E-state index contributed by atoms with van der Waals surface area (Å²) in [6.07, 6.45) is -28.0. The van der Waals surface area contributed by atoms with Crippen LogP contribution in [0.5, 0.6) is 11.5 Å². The third-order valence-electron chi connectivity index (χ3n) is 14.0. The van der Waals surface area contributed by atoms with Crippen LogP contribution in [0.25, 0.3) is 0 Å². The van der Waals surface area contributed by atoms with Crippen LogP contribution in [-0.4, -0.2) is 221 Å². The number of hydrogen-bond acceptors (Lipinski definition) is 22. The molecule has 22 atom stereocenters. The van der Waals surface area contributed by atoms with Gasteiger partial charge in [-0.15, -0.1) is 0 Å². The van der Waals surface area contributed by atoms with E-state index >= 15 is 0 Å². The van der Waals surface area contributed by atoms with Crippen LogP contribution in [0.3, 0.4) is 0 Å². The van der Waals surface area contributed by atoms with E-state index in [1.165, 1.54) is 5.57 Å². The minimum absolute atomic E-state index is 0.0499. The molecule has 0 saturated carbocycles. The zero-order valence-corrected chi connectivity index (χ0v) is 38.0. The van der Waals surface area contributed by atoms with Gasteiger partial charge in [0, 0.05) is 17.4 Å². The van der Waals surface area contributed by atoms with E-state index in [2.05, 4.69) is 33.8 Å². The van der Waals surface area contributed by atoms with Crippen LogP contribution in [-0.2, 0) is 39.6 Å². The van der Waals surface area contributed by atoms with Crippen molar-refractivity contribution in [2.75, 3.05) is 26.4 Å². The molecule has 22 heteroatoms. The van der Waals surface area contributed by atoms with E-state index in [0.29, 0.717) is 17.9 Å². The fraction of sp³-hybridized carbons (Fsp3) is 0.822. The van der Waals surface area contributed by atoms with Crippen molar-refractivity contribution in [1.82, 2.24) is 0 Å². The molecule has 1 aliphatic carbocycles. The molecule has 4 saturated heterocycles. The maximum absolute atomic E-state index is 12.0. The van der Waals surface area contributed by atoms with Crippen molar-refractivity contribution in [3.05, 3.63) is 34.9 Å². The molecule has 13 N–H and O–H groups in total. The SMILES string of the molecule is CCCCCc1cc(OC2OC(COC3OC(CO)C(O)C(O)C3O)C(OC3OC(CO)C(O)C(OC4OC(CO)C(O)C(O)C4O)C3O)C(O)C2O)c2c(c1)OC(C)(C)C1CCC(C)=CC21. The van der Waals surface area contributed by atoms with Gasteiger partial charge in [0.15, 0.2) is 18.9 Å². The molecule has 6 aliphatic rings. The molecule has 0 bridgehead atoms. The number of fused-ring (bicyclic) bond motifs is 3. The van der Waals surface area contributed by atoms with E-state index in [9.17, 15) is 66.4 Å². The van der Waals surface area contributed by atoms with Gasteiger partial charge in [0.2, 0.25) is 6.29 Å². The molecule has 0 spiro atoms. The van der Waals surface area contributed by atoms with Gasteiger partial charge in [-0.2, -0.15) is 0 Å². The maximum Gasteiger partial charge on any atom is 0.229 e. The van der Waals surface area contributed by atoms with Gasteiger partial charge in [-0.3, -0.25) is 0 Å². The highest BCUT2D eigenvalue weighted by atomic mass is 16.8. The van der Waals surface area contributed by atoms with Gasteiger partial charge >= 0.3 is 0 Å². The fourth-order valence-electron chi connectivity index (χ4n) is 10.0. The second kappa shape index (κ2) is 22.0. The first-order valence-electron chi connectivity index (χ1n) is 23.2. The first kappa shape index (κ1) is 52.6. The molecular weight excluding hydrogens is 892 g/mol. The lowest BCUT2D eigenvalue weighted by molar-refractivity contribution is -0.380. The number of allylic oxidation sites excluding steroid dienone is 2. The molecule has 22 unspecified atom stereocenters.